The number of ether oxygens (including phenoxy) is 2. The summed E-state index contributed by atoms with van der Waals surface area (Å²) in [6.07, 6.45) is 6.07. The summed E-state index contributed by atoms with van der Waals surface area (Å²) in [7, 11) is -2.10. The molecule has 40 heavy (non-hydrogen) atoms. The van der Waals surface area contributed by atoms with E-state index in [0.717, 1.165) is 57.7 Å². The Balaban J connectivity index is 1.22. The van der Waals surface area contributed by atoms with E-state index in [4.69, 9.17) is 9.47 Å². The summed E-state index contributed by atoms with van der Waals surface area (Å²) in [5.74, 6) is 1.75. The number of hydrogen-bond acceptors (Lipinski definition) is 9. The average molecular weight is 567 g/mol. The van der Waals surface area contributed by atoms with Crippen LogP contribution in [-0.2, 0) is 16.6 Å². The molecular formula is C29H38N6O4S. The van der Waals surface area contributed by atoms with E-state index in [-0.39, 0.29) is 12.6 Å². The molecule has 0 unspecified atom stereocenters. The zero-order valence-corrected chi connectivity index (χ0v) is 24.3. The topological polar surface area (TPSA) is 101 Å². The Hall–Kier alpha value is -3.28. The number of sulfonamides is 1. The summed E-state index contributed by atoms with van der Waals surface area (Å²) in [5.41, 5.74) is 2.43. The van der Waals surface area contributed by atoms with Crippen LogP contribution in [0.3, 0.4) is 0 Å². The molecule has 0 saturated carbocycles. The number of rotatable bonds is 9. The predicted molar refractivity (Wildman–Crippen MR) is 153 cm³/mol. The molecule has 5 rings (SSSR count). The first-order valence-corrected chi connectivity index (χ1v) is 15.3. The maximum Gasteiger partial charge on any atom is 0.243 e. The maximum atomic E-state index is 13.7. The molecule has 2 aliphatic rings. The third-order valence-electron chi connectivity index (χ3n) is 7.58. The molecule has 2 aliphatic heterocycles. The lowest BCUT2D eigenvalue weighted by molar-refractivity contribution is 0.225. The normalized spacial score (nSPS) is 19.0. The van der Waals surface area contributed by atoms with Gasteiger partial charge in [-0.1, -0.05) is 6.07 Å². The molecule has 2 fully saturated rings. The second kappa shape index (κ2) is 12.5. The summed E-state index contributed by atoms with van der Waals surface area (Å²) in [6.45, 7) is 8.71. The van der Waals surface area contributed by atoms with Gasteiger partial charge in [-0.2, -0.15) is 9.29 Å². The number of methoxy groups -OCH3 is 1. The van der Waals surface area contributed by atoms with E-state index in [9.17, 15) is 8.42 Å². The first-order valence-electron chi connectivity index (χ1n) is 13.9. The Kier molecular flexibility index (Phi) is 8.82. The molecule has 0 spiro atoms. The lowest BCUT2D eigenvalue weighted by Crippen LogP contribution is -2.39. The van der Waals surface area contributed by atoms with E-state index < -0.39 is 10.0 Å². The van der Waals surface area contributed by atoms with Gasteiger partial charge in [0.05, 0.1) is 23.7 Å². The summed E-state index contributed by atoms with van der Waals surface area (Å²) < 4.78 is 40.4. The molecule has 0 N–H and O–H groups in total. The first kappa shape index (κ1) is 28.3. The molecule has 214 valence electrons. The second-order valence-electron chi connectivity index (χ2n) is 10.4. The molecule has 0 radical (unpaired) electrons. The third-order valence-corrected chi connectivity index (χ3v) is 9.84. The molecule has 10 nitrogen and oxygen atoms in total. The molecule has 0 amide bonds. The minimum Gasteiger partial charge on any atom is -0.497 e. The Morgan fingerprint density at radius 2 is 1.77 bits per heavy atom. The quantitative estimate of drug-likeness (QED) is 0.386. The average Bonchev–Trinajstić information content (AvgIpc) is 3.32. The largest absolute Gasteiger partial charge is 0.497 e. The van der Waals surface area contributed by atoms with Gasteiger partial charge in [0.2, 0.25) is 21.9 Å². The van der Waals surface area contributed by atoms with Crippen LogP contribution in [0.25, 0.3) is 0 Å². The summed E-state index contributed by atoms with van der Waals surface area (Å²) >= 11 is 0. The van der Waals surface area contributed by atoms with Crippen molar-refractivity contribution in [2.24, 2.45) is 0 Å². The van der Waals surface area contributed by atoms with Gasteiger partial charge in [0.15, 0.2) is 0 Å². The maximum absolute atomic E-state index is 13.7. The molecule has 1 aromatic carbocycles. The fraction of sp³-hybridized carbons (Fsp3) is 0.483. The van der Waals surface area contributed by atoms with E-state index in [0.29, 0.717) is 40.1 Å². The van der Waals surface area contributed by atoms with Gasteiger partial charge in [0.25, 0.3) is 0 Å². The molecule has 2 aromatic heterocycles. The van der Waals surface area contributed by atoms with Crippen molar-refractivity contribution in [3.05, 3.63) is 65.6 Å². The van der Waals surface area contributed by atoms with E-state index in [1.54, 1.807) is 35.8 Å². The second-order valence-corrected chi connectivity index (χ2v) is 12.3. The van der Waals surface area contributed by atoms with Gasteiger partial charge in [-0.05, 0) is 68.5 Å². The molecule has 11 heteroatoms. The number of nitrogens with zero attached hydrogens (tertiary/aromatic N) is 6. The van der Waals surface area contributed by atoms with Crippen molar-refractivity contribution in [3.63, 3.8) is 0 Å². The van der Waals surface area contributed by atoms with Crippen molar-refractivity contribution in [3.8, 4) is 11.6 Å². The highest BCUT2D eigenvalue weighted by Crippen LogP contribution is 2.32. The molecule has 2 saturated heterocycles. The van der Waals surface area contributed by atoms with Gasteiger partial charge in [-0.25, -0.2) is 13.4 Å². The van der Waals surface area contributed by atoms with E-state index in [1.165, 1.54) is 0 Å². The lowest BCUT2D eigenvalue weighted by atomic mass is 10.1. The fourth-order valence-electron chi connectivity index (χ4n) is 5.64. The van der Waals surface area contributed by atoms with Gasteiger partial charge in [0, 0.05) is 57.7 Å². The molecule has 4 heterocycles. The number of pyridine rings is 1. The summed E-state index contributed by atoms with van der Waals surface area (Å²) in [6, 6.07) is 11.0. The van der Waals surface area contributed by atoms with Crippen LogP contribution < -0.4 is 14.4 Å². The molecule has 1 atom stereocenters. The van der Waals surface area contributed by atoms with Crippen molar-refractivity contribution in [1.82, 2.24) is 24.2 Å². The highest BCUT2D eigenvalue weighted by Gasteiger charge is 2.37. The van der Waals surface area contributed by atoms with Crippen LogP contribution >= 0.6 is 0 Å². The SMILES string of the molecule is COc1cc(C)c(S(=O)(=O)N2CCC[C@@H]2COc2ccnc(N3CCCN(Cc4ccccn4)CC3)n2)c(C)c1. The van der Waals surface area contributed by atoms with Gasteiger partial charge in [0.1, 0.15) is 12.4 Å². The van der Waals surface area contributed by atoms with Crippen LogP contribution in [-0.4, -0.2) is 85.1 Å². The number of hydrogen-bond donors (Lipinski definition) is 0. The minimum atomic E-state index is -3.69. The van der Waals surface area contributed by atoms with Gasteiger partial charge in [-0.15, -0.1) is 0 Å². The van der Waals surface area contributed by atoms with Crippen LogP contribution in [0.5, 0.6) is 11.6 Å². The van der Waals surface area contributed by atoms with Crippen molar-refractivity contribution < 1.29 is 17.9 Å². The molecule has 0 bridgehead atoms. The number of anilines is 1. The zero-order chi connectivity index (χ0) is 28.1. The summed E-state index contributed by atoms with van der Waals surface area (Å²) in [4.78, 5) is 18.6. The Labute approximate surface area is 237 Å². The van der Waals surface area contributed by atoms with Crippen molar-refractivity contribution in [2.45, 2.75) is 50.6 Å². The van der Waals surface area contributed by atoms with E-state index >= 15 is 0 Å². The molecule has 3 aromatic rings. The predicted octanol–water partition coefficient (Wildman–Crippen LogP) is 3.44. The Bertz CT molecular complexity index is 1380. The standard InChI is InChI=1S/C29H38N6O4S/c1-22-18-26(38-3)19-23(2)28(22)40(36,37)35-15-6-9-25(35)21-39-27-10-12-31-29(32-27)34-14-7-13-33(16-17-34)20-24-8-4-5-11-30-24/h4-5,8,10-12,18-19,25H,6-7,9,13-17,20-21H2,1-3H3/t25-/m1/s1. The lowest BCUT2D eigenvalue weighted by Gasteiger charge is -2.26. The highest BCUT2D eigenvalue weighted by atomic mass is 32.2. The third kappa shape index (κ3) is 6.37. The van der Waals surface area contributed by atoms with Crippen LogP contribution in [0.1, 0.15) is 36.1 Å². The highest BCUT2D eigenvalue weighted by molar-refractivity contribution is 7.89. The fourth-order valence-corrected chi connectivity index (χ4v) is 7.74. The van der Waals surface area contributed by atoms with Gasteiger partial charge in [-0.3, -0.25) is 9.88 Å². The van der Waals surface area contributed by atoms with Gasteiger partial charge >= 0.3 is 0 Å². The van der Waals surface area contributed by atoms with Crippen molar-refractivity contribution >= 4 is 16.0 Å². The van der Waals surface area contributed by atoms with Crippen LogP contribution in [0.4, 0.5) is 5.95 Å². The Morgan fingerprint density at radius 3 is 2.52 bits per heavy atom. The number of aromatic nitrogens is 3. The minimum absolute atomic E-state index is 0.238. The molecular weight excluding hydrogens is 528 g/mol. The Morgan fingerprint density at radius 1 is 0.950 bits per heavy atom. The van der Waals surface area contributed by atoms with Crippen LogP contribution in [0.2, 0.25) is 0 Å². The van der Waals surface area contributed by atoms with E-state index in [2.05, 4.69) is 30.8 Å². The van der Waals surface area contributed by atoms with Crippen LogP contribution in [0, 0.1) is 13.8 Å². The van der Waals surface area contributed by atoms with Crippen molar-refractivity contribution in [1.29, 1.82) is 0 Å². The van der Waals surface area contributed by atoms with E-state index in [1.807, 2.05) is 32.2 Å². The van der Waals surface area contributed by atoms with Crippen molar-refractivity contribution in [2.75, 3.05) is 51.3 Å². The van der Waals surface area contributed by atoms with Gasteiger partial charge < -0.3 is 14.4 Å². The monoisotopic (exact) mass is 566 g/mol. The number of aryl methyl sites for hydroxylation is 2. The first-order chi connectivity index (χ1) is 19.3. The van der Waals surface area contributed by atoms with Crippen LogP contribution in [0.15, 0.2) is 53.7 Å². The zero-order valence-electron chi connectivity index (χ0n) is 23.5. The smallest absolute Gasteiger partial charge is 0.243 e. The number of benzene rings is 1. The summed E-state index contributed by atoms with van der Waals surface area (Å²) in [5, 5.41) is 0. The molecule has 0 aliphatic carbocycles.